The Hall–Kier alpha value is -3.19. The molecule has 9 nitrogen and oxygen atoms in total. The van der Waals surface area contributed by atoms with Gasteiger partial charge in [0.25, 0.3) is 15.9 Å². The van der Waals surface area contributed by atoms with Crippen LogP contribution in [0.2, 0.25) is 5.02 Å². The molecule has 4 rings (SSSR count). The fraction of sp³-hybridized carbons (Fsp3) is 0.240. The number of sulfonamides is 1. The molecular formula is C25H24ClFN2O7S2. The van der Waals surface area contributed by atoms with Gasteiger partial charge in [-0.2, -0.15) is 0 Å². The number of nitrogens with zero attached hydrogens (tertiary/aromatic N) is 1. The summed E-state index contributed by atoms with van der Waals surface area (Å²) in [5.41, 5.74) is -0.0110. The molecule has 2 atom stereocenters. The standard InChI is InChI=1S/C25H24ClFN2O7S2/c1-3-37(32,33)19-8-4-16(5-9-19)21(14-30)28-25(31)17-6-10-22(20(27)12-17)29-15(2)36-23-11-7-18(26)13-24(23)38(29,34)35/h4-13,15,21,30H,3,14H2,1-2H3,(H,28,31)/t15?,21-/m0/s1. The van der Waals surface area contributed by atoms with Crippen molar-refractivity contribution >= 4 is 43.1 Å². The van der Waals surface area contributed by atoms with E-state index in [0.29, 0.717) is 5.56 Å². The van der Waals surface area contributed by atoms with Gasteiger partial charge in [-0.3, -0.25) is 4.79 Å². The average Bonchev–Trinajstić information content (AvgIpc) is 2.88. The van der Waals surface area contributed by atoms with Crippen LogP contribution in [0.5, 0.6) is 5.75 Å². The number of nitrogens with one attached hydrogen (secondary N) is 1. The number of amides is 1. The highest BCUT2D eigenvalue weighted by molar-refractivity contribution is 7.93. The van der Waals surface area contributed by atoms with Gasteiger partial charge >= 0.3 is 0 Å². The van der Waals surface area contributed by atoms with Gasteiger partial charge in [-0.15, -0.1) is 0 Å². The van der Waals surface area contributed by atoms with E-state index in [1.165, 1.54) is 62.4 Å². The van der Waals surface area contributed by atoms with E-state index in [-0.39, 0.29) is 37.6 Å². The van der Waals surface area contributed by atoms with Gasteiger partial charge in [0, 0.05) is 10.6 Å². The molecule has 13 heteroatoms. The lowest BCUT2D eigenvalue weighted by Gasteiger charge is -2.35. The van der Waals surface area contributed by atoms with Crippen molar-refractivity contribution in [3.63, 3.8) is 0 Å². The van der Waals surface area contributed by atoms with Gasteiger partial charge in [-0.1, -0.05) is 30.7 Å². The molecule has 202 valence electrons. The lowest BCUT2D eigenvalue weighted by molar-refractivity contribution is 0.0915. The Labute approximate surface area is 224 Å². The van der Waals surface area contributed by atoms with E-state index in [4.69, 9.17) is 16.3 Å². The Balaban J connectivity index is 1.58. The maximum Gasteiger partial charge on any atom is 0.271 e. The van der Waals surface area contributed by atoms with E-state index in [1.54, 1.807) is 0 Å². The monoisotopic (exact) mass is 582 g/mol. The van der Waals surface area contributed by atoms with Crippen molar-refractivity contribution in [2.24, 2.45) is 0 Å². The van der Waals surface area contributed by atoms with Crippen molar-refractivity contribution in [2.75, 3.05) is 16.7 Å². The van der Waals surface area contributed by atoms with E-state index >= 15 is 4.39 Å². The van der Waals surface area contributed by atoms with Gasteiger partial charge in [-0.25, -0.2) is 25.5 Å². The average molecular weight is 583 g/mol. The van der Waals surface area contributed by atoms with Gasteiger partial charge in [0.05, 0.1) is 29.0 Å². The molecule has 0 radical (unpaired) electrons. The van der Waals surface area contributed by atoms with Crippen molar-refractivity contribution in [3.05, 3.63) is 82.6 Å². The number of hydrogen-bond acceptors (Lipinski definition) is 7. The van der Waals surface area contributed by atoms with Gasteiger partial charge < -0.3 is 15.2 Å². The second-order valence-corrected chi connectivity index (χ2v) is 13.0. The number of sulfone groups is 1. The maximum atomic E-state index is 15.2. The number of benzene rings is 3. The third-order valence-corrected chi connectivity index (χ3v) is 9.90. The highest BCUT2D eigenvalue weighted by atomic mass is 35.5. The second-order valence-electron chi connectivity index (χ2n) is 8.46. The Morgan fingerprint density at radius 1 is 1.16 bits per heavy atom. The minimum absolute atomic E-state index is 0.0715. The Bertz CT molecular complexity index is 1600. The van der Waals surface area contributed by atoms with E-state index in [2.05, 4.69) is 5.32 Å². The first kappa shape index (κ1) is 27.8. The molecule has 1 aliphatic rings. The summed E-state index contributed by atoms with van der Waals surface area (Å²) in [6.45, 7) is 2.46. The topological polar surface area (TPSA) is 130 Å². The molecule has 0 spiro atoms. The second kappa shape index (κ2) is 10.5. The number of carbonyl (C=O) groups excluding carboxylic acids is 1. The van der Waals surface area contributed by atoms with Crippen molar-refractivity contribution in [1.82, 2.24) is 5.32 Å². The fourth-order valence-corrected chi connectivity index (χ4v) is 6.84. The van der Waals surface area contributed by atoms with Crippen LogP contribution >= 0.6 is 11.6 Å². The van der Waals surface area contributed by atoms with Gasteiger partial charge in [0.1, 0.15) is 16.5 Å². The molecule has 1 unspecified atom stereocenters. The van der Waals surface area contributed by atoms with Crippen LogP contribution in [0.25, 0.3) is 0 Å². The summed E-state index contributed by atoms with van der Waals surface area (Å²) in [7, 11) is -7.65. The molecule has 0 saturated carbocycles. The molecule has 1 aliphatic heterocycles. The molecule has 0 saturated heterocycles. The zero-order valence-electron chi connectivity index (χ0n) is 20.3. The SMILES string of the molecule is CCS(=O)(=O)c1ccc([C@H](CO)NC(=O)c2ccc(N3C(C)Oc4ccc(Cl)cc4S3(=O)=O)c(F)c2)cc1. The first-order valence-electron chi connectivity index (χ1n) is 11.4. The number of fused-ring (bicyclic) bond motifs is 1. The smallest absolute Gasteiger partial charge is 0.271 e. The predicted molar refractivity (Wildman–Crippen MR) is 139 cm³/mol. The number of ether oxygens (including phenoxy) is 1. The van der Waals surface area contributed by atoms with E-state index in [0.717, 1.165) is 16.4 Å². The molecule has 0 aliphatic carbocycles. The Morgan fingerprint density at radius 2 is 1.84 bits per heavy atom. The zero-order chi connectivity index (χ0) is 27.8. The minimum atomic E-state index is -4.23. The highest BCUT2D eigenvalue weighted by Crippen LogP contribution is 2.39. The van der Waals surface area contributed by atoms with Gasteiger partial charge in [0.2, 0.25) is 0 Å². The highest BCUT2D eigenvalue weighted by Gasteiger charge is 2.39. The summed E-state index contributed by atoms with van der Waals surface area (Å²) in [6, 6.07) is 12.2. The summed E-state index contributed by atoms with van der Waals surface area (Å²) in [6.07, 6.45) is -1.08. The van der Waals surface area contributed by atoms with Gasteiger partial charge in [0.15, 0.2) is 16.1 Å². The molecule has 2 N–H and O–H groups in total. The molecule has 0 bridgehead atoms. The number of anilines is 1. The third-order valence-electron chi connectivity index (χ3n) is 6.03. The molecule has 3 aromatic carbocycles. The van der Waals surface area contributed by atoms with Crippen LogP contribution < -0.4 is 14.4 Å². The van der Waals surface area contributed by atoms with E-state index < -0.39 is 50.5 Å². The molecule has 38 heavy (non-hydrogen) atoms. The van der Waals surface area contributed by atoms with Gasteiger partial charge in [-0.05, 0) is 61.0 Å². The molecule has 1 amide bonds. The minimum Gasteiger partial charge on any atom is -0.468 e. The van der Waals surface area contributed by atoms with Crippen molar-refractivity contribution < 1.29 is 35.9 Å². The van der Waals surface area contributed by atoms with Crippen molar-refractivity contribution in [1.29, 1.82) is 0 Å². The van der Waals surface area contributed by atoms with Crippen LogP contribution in [0.4, 0.5) is 10.1 Å². The first-order valence-corrected chi connectivity index (χ1v) is 14.9. The summed E-state index contributed by atoms with van der Waals surface area (Å²) < 4.78 is 72.2. The molecular weight excluding hydrogens is 559 g/mol. The largest absolute Gasteiger partial charge is 0.468 e. The predicted octanol–water partition coefficient (Wildman–Crippen LogP) is 3.67. The summed E-state index contributed by atoms with van der Waals surface area (Å²) in [5.74, 6) is -1.71. The number of halogens is 2. The summed E-state index contributed by atoms with van der Waals surface area (Å²) >= 11 is 5.95. The summed E-state index contributed by atoms with van der Waals surface area (Å²) in [4.78, 5) is 12.7. The number of aliphatic hydroxyl groups is 1. The summed E-state index contributed by atoms with van der Waals surface area (Å²) in [5, 5.41) is 12.5. The Kier molecular flexibility index (Phi) is 7.71. The van der Waals surface area contributed by atoms with Crippen LogP contribution in [0.1, 0.15) is 35.8 Å². The van der Waals surface area contributed by atoms with Crippen molar-refractivity contribution in [2.45, 2.75) is 35.9 Å². The van der Waals surface area contributed by atoms with Crippen LogP contribution in [0, 0.1) is 5.82 Å². The molecule has 0 aromatic heterocycles. The van der Waals surface area contributed by atoms with Crippen LogP contribution in [-0.2, 0) is 19.9 Å². The van der Waals surface area contributed by atoms with Crippen LogP contribution in [0.3, 0.4) is 0 Å². The zero-order valence-corrected chi connectivity index (χ0v) is 22.6. The first-order chi connectivity index (χ1) is 17.9. The lowest BCUT2D eigenvalue weighted by Crippen LogP contribution is -2.46. The number of hydrogen-bond donors (Lipinski definition) is 2. The van der Waals surface area contributed by atoms with Crippen LogP contribution in [0.15, 0.2) is 70.5 Å². The van der Waals surface area contributed by atoms with Crippen LogP contribution in [-0.4, -0.2) is 46.4 Å². The maximum absolute atomic E-state index is 15.2. The molecule has 0 fully saturated rings. The number of carbonyl (C=O) groups is 1. The number of rotatable bonds is 7. The molecule has 3 aromatic rings. The Morgan fingerprint density at radius 3 is 2.45 bits per heavy atom. The van der Waals surface area contributed by atoms with E-state index in [9.17, 15) is 26.7 Å². The lowest BCUT2D eigenvalue weighted by atomic mass is 10.1. The quantitative estimate of drug-likeness (QED) is 0.435. The third kappa shape index (κ3) is 5.21. The van der Waals surface area contributed by atoms with Crippen molar-refractivity contribution in [3.8, 4) is 5.75 Å². The molecule has 1 heterocycles. The fourth-order valence-electron chi connectivity index (χ4n) is 4.02. The normalized spacial score (nSPS) is 17.3. The number of aliphatic hydroxyl groups excluding tert-OH is 1. The van der Waals surface area contributed by atoms with E-state index in [1.807, 2.05) is 0 Å².